The quantitative estimate of drug-likeness (QED) is 0.778. The minimum atomic E-state index is -4.37. The minimum Gasteiger partial charge on any atom is -0.241 e. The summed E-state index contributed by atoms with van der Waals surface area (Å²) in [6.07, 6.45) is -3.07. The number of alkyl halides is 3. The Kier molecular flexibility index (Phi) is 3.52. The molecule has 1 aromatic heterocycles. The second-order valence-corrected chi connectivity index (χ2v) is 4.05. The van der Waals surface area contributed by atoms with Crippen molar-refractivity contribution < 1.29 is 13.2 Å². The normalized spacial score (nSPS) is 11.6. The highest BCUT2D eigenvalue weighted by Crippen LogP contribution is 2.32. The predicted octanol–water partition coefficient (Wildman–Crippen LogP) is 3.74. The SMILES string of the molecule is FC(F)(F)c1ccccc1Cc1cc(Cl)ncn1. The van der Waals surface area contributed by atoms with Crippen LogP contribution in [-0.2, 0) is 12.6 Å². The molecule has 0 aliphatic carbocycles. The number of halogens is 4. The van der Waals surface area contributed by atoms with Crippen LogP contribution < -0.4 is 0 Å². The molecule has 0 N–H and O–H groups in total. The highest BCUT2D eigenvalue weighted by atomic mass is 35.5. The molecule has 0 bridgehead atoms. The van der Waals surface area contributed by atoms with Gasteiger partial charge in [0.25, 0.3) is 0 Å². The van der Waals surface area contributed by atoms with Gasteiger partial charge in [-0.2, -0.15) is 13.2 Å². The van der Waals surface area contributed by atoms with Crippen LogP contribution in [0.5, 0.6) is 0 Å². The van der Waals surface area contributed by atoms with Crippen LogP contribution in [0.3, 0.4) is 0 Å². The molecular formula is C12H8ClF3N2. The van der Waals surface area contributed by atoms with E-state index in [-0.39, 0.29) is 17.1 Å². The van der Waals surface area contributed by atoms with Crippen LogP contribution in [-0.4, -0.2) is 9.97 Å². The second-order valence-electron chi connectivity index (χ2n) is 3.66. The molecule has 0 saturated carbocycles. The van der Waals surface area contributed by atoms with Gasteiger partial charge < -0.3 is 0 Å². The minimum absolute atomic E-state index is 0.0674. The standard InChI is InChI=1S/C12H8ClF3N2/c13-11-6-9(17-7-18-11)5-8-3-1-2-4-10(8)12(14,15)16/h1-4,6-7H,5H2. The van der Waals surface area contributed by atoms with Crippen molar-refractivity contribution in [2.45, 2.75) is 12.6 Å². The lowest BCUT2D eigenvalue weighted by molar-refractivity contribution is -0.138. The van der Waals surface area contributed by atoms with E-state index in [9.17, 15) is 13.2 Å². The van der Waals surface area contributed by atoms with E-state index in [0.717, 1.165) is 6.07 Å². The molecule has 2 aromatic rings. The lowest BCUT2D eigenvalue weighted by atomic mass is 10.0. The van der Waals surface area contributed by atoms with E-state index in [1.165, 1.54) is 24.5 Å². The number of aromatic nitrogens is 2. The van der Waals surface area contributed by atoms with E-state index in [0.29, 0.717) is 5.69 Å². The summed E-state index contributed by atoms with van der Waals surface area (Å²) in [6.45, 7) is 0. The molecule has 0 unspecified atom stereocenters. The highest BCUT2D eigenvalue weighted by molar-refractivity contribution is 6.29. The molecule has 94 valence electrons. The molecule has 0 atom stereocenters. The van der Waals surface area contributed by atoms with Crippen molar-refractivity contribution in [3.05, 3.63) is 58.6 Å². The molecule has 1 heterocycles. The number of benzene rings is 1. The molecule has 0 spiro atoms. The van der Waals surface area contributed by atoms with Gasteiger partial charge in [0.2, 0.25) is 0 Å². The predicted molar refractivity (Wildman–Crippen MR) is 61.3 cm³/mol. The molecule has 0 saturated heterocycles. The first-order valence-corrected chi connectivity index (χ1v) is 5.46. The van der Waals surface area contributed by atoms with Crippen LogP contribution in [0.25, 0.3) is 0 Å². The Morgan fingerprint density at radius 1 is 1.11 bits per heavy atom. The molecule has 1 aromatic carbocycles. The zero-order valence-corrected chi connectivity index (χ0v) is 9.83. The van der Waals surface area contributed by atoms with Gasteiger partial charge in [-0.15, -0.1) is 0 Å². The van der Waals surface area contributed by atoms with Crippen LogP contribution in [0.15, 0.2) is 36.7 Å². The summed E-state index contributed by atoms with van der Waals surface area (Å²) >= 11 is 5.67. The fourth-order valence-electron chi connectivity index (χ4n) is 1.61. The lowest BCUT2D eigenvalue weighted by Crippen LogP contribution is -2.09. The van der Waals surface area contributed by atoms with Gasteiger partial charge in [-0.3, -0.25) is 0 Å². The molecule has 2 nitrogen and oxygen atoms in total. The number of rotatable bonds is 2. The number of hydrogen-bond donors (Lipinski definition) is 0. The molecule has 0 aliphatic heterocycles. The molecule has 0 fully saturated rings. The van der Waals surface area contributed by atoms with Crippen molar-refractivity contribution in [1.29, 1.82) is 0 Å². The summed E-state index contributed by atoms with van der Waals surface area (Å²) in [5.74, 6) is 0. The molecule has 0 amide bonds. The van der Waals surface area contributed by atoms with Crippen LogP contribution in [0.4, 0.5) is 13.2 Å². The fraction of sp³-hybridized carbons (Fsp3) is 0.167. The van der Waals surface area contributed by atoms with E-state index < -0.39 is 11.7 Å². The third-order valence-electron chi connectivity index (χ3n) is 2.38. The summed E-state index contributed by atoms with van der Waals surface area (Å²) in [5.41, 5.74) is -0.0359. The van der Waals surface area contributed by atoms with Crippen molar-refractivity contribution in [3.8, 4) is 0 Å². The Balaban J connectivity index is 2.35. The lowest BCUT2D eigenvalue weighted by Gasteiger charge is -2.12. The van der Waals surface area contributed by atoms with Crippen molar-refractivity contribution in [1.82, 2.24) is 9.97 Å². The Hall–Kier alpha value is -1.62. The van der Waals surface area contributed by atoms with E-state index in [2.05, 4.69) is 9.97 Å². The zero-order valence-electron chi connectivity index (χ0n) is 9.08. The van der Waals surface area contributed by atoms with E-state index in [1.54, 1.807) is 6.07 Å². The maximum Gasteiger partial charge on any atom is 0.416 e. The molecular weight excluding hydrogens is 265 g/mol. The Bertz CT molecular complexity index is 555. The average Bonchev–Trinajstić information content (AvgIpc) is 2.28. The van der Waals surface area contributed by atoms with Gasteiger partial charge in [-0.25, -0.2) is 9.97 Å². The molecule has 18 heavy (non-hydrogen) atoms. The first-order chi connectivity index (χ1) is 8.47. The fourth-order valence-corrected chi connectivity index (χ4v) is 1.78. The summed E-state index contributed by atoms with van der Waals surface area (Å²) in [7, 11) is 0. The summed E-state index contributed by atoms with van der Waals surface area (Å²) in [5, 5.41) is 0.212. The first-order valence-electron chi connectivity index (χ1n) is 5.08. The van der Waals surface area contributed by atoms with E-state index >= 15 is 0 Å². The summed E-state index contributed by atoms with van der Waals surface area (Å²) in [4.78, 5) is 7.58. The van der Waals surface area contributed by atoms with Gasteiger partial charge in [-0.1, -0.05) is 29.8 Å². The number of hydrogen-bond acceptors (Lipinski definition) is 2. The maximum absolute atomic E-state index is 12.8. The van der Waals surface area contributed by atoms with Crippen LogP contribution in [0, 0.1) is 0 Å². The zero-order chi connectivity index (χ0) is 13.2. The third kappa shape index (κ3) is 2.98. The monoisotopic (exact) mass is 272 g/mol. The number of nitrogens with zero attached hydrogens (tertiary/aromatic N) is 2. The van der Waals surface area contributed by atoms with Crippen molar-refractivity contribution in [3.63, 3.8) is 0 Å². The Morgan fingerprint density at radius 3 is 2.50 bits per heavy atom. The molecule has 0 radical (unpaired) electrons. The van der Waals surface area contributed by atoms with Crippen molar-refractivity contribution >= 4 is 11.6 Å². The highest BCUT2D eigenvalue weighted by Gasteiger charge is 2.32. The summed E-state index contributed by atoms with van der Waals surface area (Å²) < 4.78 is 38.3. The van der Waals surface area contributed by atoms with Gasteiger partial charge in [0.1, 0.15) is 11.5 Å². The van der Waals surface area contributed by atoms with E-state index in [4.69, 9.17) is 11.6 Å². The topological polar surface area (TPSA) is 25.8 Å². The maximum atomic E-state index is 12.8. The molecule has 6 heteroatoms. The van der Waals surface area contributed by atoms with Gasteiger partial charge in [0, 0.05) is 12.1 Å². The first kappa shape index (κ1) is 12.8. The van der Waals surface area contributed by atoms with Crippen LogP contribution >= 0.6 is 11.6 Å². The van der Waals surface area contributed by atoms with E-state index in [1.807, 2.05) is 0 Å². The Labute approximate surface area is 106 Å². The Morgan fingerprint density at radius 2 is 1.83 bits per heavy atom. The third-order valence-corrected chi connectivity index (χ3v) is 2.59. The van der Waals surface area contributed by atoms with Gasteiger partial charge in [0.05, 0.1) is 5.56 Å². The molecule has 2 rings (SSSR count). The van der Waals surface area contributed by atoms with Crippen LogP contribution in [0.1, 0.15) is 16.8 Å². The van der Waals surface area contributed by atoms with Crippen LogP contribution in [0.2, 0.25) is 5.15 Å². The van der Waals surface area contributed by atoms with Crippen molar-refractivity contribution in [2.24, 2.45) is 0 Å². The van der Waals surface area contributed by atoms with Crippen molar-refractivity contribution in [2.75, 3.05) is 0 Å². The smallest absolute Gasteiger partial charge is 0.241 e. The van der Waals surface area contributed by atoms with Gasteiger partial charge in [-0.05, 0) is 17.7 Å². The second kappa shape index (κ2) is 4.94. The summed E-state index contributed by atoms with van der Waals surface area (Å²) in [6, 6.07) is 6.86. The molecule has 0 aliphatic rings. The van der Waals surface area contributed by atoms with Gasteiger partial charge >= 0.3 is 6.18 Å². The van der Waals surface area contributed by atoms with Gasteiger partial charge in [0.15, 0.2) is 0 Å². The largest absolute Gasteiger partial charge is 0.416 e. The average molecular weight is 273 g/mol.